The van der Waals surface area contributed by atoms with Gasteiger partial charge in [0.2, 0.25) is 5.95 Å². The van der Waals surface area contributed by atoms with Crippen LogP contribution in [0.15, 0.2) is 48.9 Å². The number of aryl methyl sites for hydroxylation is 1. The SMILES string of the molecule is Cc1cnc2c(c1)nc(N)n2-c1cccc2ccncc12. The van der Waals surface area contributed by atoms with Gasteiger partial charge in [0.1, 0.15) is 5.52 Å². The highest BCUT2D eigenvalue weighted by Gasteiger charge is 2.13. The summed E-state index contributed by atoms with van der Waals surface area (Å²) in [5.74, 6) is 0.430. The lowest BCUT2D eigenvalue weighted by atomic mass is 10.1. The van der Waals surface area contributed by atoms with Crippen molar-refractivity contribution in [3.8, 4) is 5.69 Å². The Balaban J connectivity index is 2.11. The zero-order valence-electron chi connectivity index (χ0n) is 11.5. The molecule has 21 heavy (non-hydrogen) atoms. The Bertz CT molecular complexity index is 966. The molecule has 5 heteroatoms. The van der Waals surface area contributed by atoms with Crippen molar-refractivity contribution in [1.29, 1.82) is 0 Å². The number of hydrogen-bond donors (Lipinski definition) is 1. The average molecular weight is 275 g/mol. The molecular formula is C16H13N5. The first-order valence-electron chi connectivity index (χ1n) is 6.68. The summed E-state index contributed by atoms with van der Waals surface area (Å²) in [6.07, 6.45) is 5.44. The fourth-order valence-electron chi connectivity index (χ4n) is 2.61. The number of imidazole rings is 1. The fourth-order valence-corrected chi connectivity index (χ4v) is 2.61. The average Bonchev–Trinajstić information content (AvgIpc) is 2.81. The zero-order valence-corrected chi connectivity index (χ0v) is 11.5. The third-order valence-electron chi connectivity index (χ3n) is 3.56. The standard InChI is InChI=1S/C16H13N5/c1-10-7-13-15(19-8-10)21(16(17)20-13)14-4-2-3-11-5-6-18-9-12(11)14/h2-9H,1H3,(H2,17,20). The highest BCUT2D eigenvalue weighted by atomic mass is 15.2. The van der Waals surface area contributed by atoms with E-state index in [1.807, 2.05) is 54.2 Å². The summed E-state index contributed by atoms with van der Waals surface area (Å²) in [6, 6.07) is 10.0. The van der Waals surface area contributed by atoms with Crippen molar-refractivity contribution in [2.75, 3.05) is 5.73 Å². The minimum atomic E-state index is 0.430. The topological polar surface area (TPSA) is 69.6 Å². The molecule has 0 aliphatic rings. The first kappa shape index (κ1) is 11.8. The van der Waals surface area contributed by atoms with E-state index < -0.39 is 0 Å². The normalized spacial score (nSPS) is 11.3. The van der Waals surface area contributed by atoms with Crippen LogP contribution in [0.4, 0.5) is 5.95 Å². The predicted octanol–water partition coefficient (Wildman–Crippen LogP) is 2.86. The molecule has 5 nitrogen and oxygen atoms in total. The van der Waals surface area contributed by atoms with Crippen LogP contribution >= 0.6 is 0 Å². The molecule has 0 spiro atoms. The summed E-state index contributed by atoms with van der Waals surface area (Å²) >= 11 is 0. The van der Waals surface area contributed by atoms with Crippen LogP contribution in [0.3, 0.4) is 0 Å². The minimum Gasteiger partial charge on any atom is -0.369 e. The molecule has 4 aromatic rings. The second-order valence-electron chi connectivity index (χ2n) is 5.03. The van der Waals surface area contributed by atoms with E-state index in [1.165, 1.54) is 0 Å². The van der Waals surface area contributed by atoms with Crippen molar-refractivity contribution < 1.29 is 0 Å². The number of hydrogen-bond acceptors (Lipinski definition) is 4. The van der Waals surface area contributed by atoms with E-state index in [2.05, 4.69) is 15.0 Å². The summed E-state index contributed by atoms with van der Waals surface area (Å²) in [4.78, 5) is 13.1. The second kappa shape index (κ2) is 4.28. The van der Waals surface area contributed by atoms with Gasteiger partial charge in [0.05, 0.1) is 5.69 Å². The van der Waals surface area contributed by atoms with Gasteiger partial charge in [-0.2, -0.15) is 0 Å². The molecule has 0 amide bonds. The van der Waals surface area contributed by atoms with E-state index in [4.69, 9.17) is 5.73 Å². The molecule has 0 saturated heterocycles. The van der Waals surface area contributed by atoms with Crippen molar-refractivity contribution in [2.24, 2.45) is 0 Å². The fraction of sp³-hybridized carbons (Fsp3) is 0.0625. The van der Waals surface area contributed by atoms with Crippen molar-refractivity contribution in [3.63, 3.8) is 0 Å². The number of nitrogen functional groups attached to an aromatic ring is 1. The molecule has 1 aromatic carbocycles. The van der Waals surface area contributed by atoms with E-state index >= 15 is 0 Å². The number of rotatable bonds is 1. The zero-order chi connectivity index (χ0) is 14.4. The third-order valence-corrected chi connectivity index (χ3v) is 3.56. The number of pyridine rings is 2. The first-order chi connectivity index (χ1) is 10.2. The molecule has 4 rings (SSSR count). The number of anilines is 1. The Hall–Kier alpha value is -2.95. The monoisotopic (exact) mass is 275 g/mol. The first-order valence-corrected chi connectivity index (χ1v) is 6.68. The number of benzene rings is 1. The quantitative estimate of drug-likeness (QED) is 0.580. The highest BCUT2D eigenvalue weighted by Crippen LogP contribution is 2.27. The molecule has 0 fully saturated rings. The van der Waals surface area contributed by atoms with Crippen LogP contribution in [0.2, 0.25) is 0 Å². The van der Waals surface area contributed by atoms with Crippen molar-refractivity contribution in [3.05, 3.63) is 54.5 Å². The Morgan fingerprint density at radius 3 is 2.95 bits per heavy atom. The van der Waals surface area contributed by atoms with Gasteiger partial charge in [-0.15, -0.1) is 0 Å². The number of nitrogens with zero attached hydrogens (tertiary/aromatic N) is 4. The van der Waals surface area contributed by atoms with Crippen LogP contribution < -0.4 is 5.73 Å². The third kappa shape index (κ3) is 1.74. The van der Waals surface area contributed by atoms with Crippen LogP contribution in [0, 0.1) is 6.92 Å². The van der Waals surface area contributed by atoms with E-state index in [9.17, 15) is 0 Å². The molecular weight excluding hydrogens is 262 g/mol. The molecule has 0 radical (unpaired) electrons. The molecule has 0 saturated carbocycles. The predicted molar refractivity (Wildman–Crippen MR) is 83.3 cm³/mol. The Labute approximate surface area is 121 Å². The van der Waals surface area contributed by atoms with E-state index in [0.29, 0.717) is 5.95 Å². The highest BCUT2D eigenvalue weighted by molar-refractivity contribution is 5.92. The lowest BCUT2D eigenvalue weighted by Crippen LogP contribution is -2.02. The molecule has 0 unspecified atom stereocenters. The maximum Gasteiger partial charge on any atom is 0.207 e. The Morgan fingerprint density at radius 1 is 1.14 bits per heavy atom. The van der Waals surface area contributed by atoms with Crippen LogP contribution in [0.25, 0.3) is 27.6 Å². The Morgan fingerprint density at radius 2 is 2.05 bits per heavy atom. The van der Waals surface area contributed by atoms with Gasteiger partial charge in [0.15, 0.2) is 5.65 Å². The summed E-state index contributed by atoms with van der Waals surface area (Å²) in [7, 11) is 0. The van der Waals surface area contributed by atoms with Gasteiger partial charge in [-0.25, -0.2) is 9.97 Å². The molecule has 3 heterocycles. The molecule has 0 bridgehead atoms. The largest absolute Gasteiger partial charge is 0.369 e. The van der Waals surface area contributed by atoms with E-state index in [-0.39, 0.29) is 0 Å². The van der Waals surface area contributed by atoms with Crippen LogP contribution in [-0.4, -0.2) is 19.5 Å². The summed E-state index contributed by atoms with van der Waals surface area (Å²) in [5.41, 5.74) is 9.68. The molecule has 2 N–H and O–H groups in total. The smallest absolute Gasteiger partial charge is 0.207 e. The molecule has 0 aliphatic heterocycles. The van der Waals surface area contributed by atoms with Crippen molar-refractivity contribution >= 4 is 27.9 Å². The molecule has 102 valence electrons. The van der Waals surface area contributed by atoms with E-state index in [0.717, 1.165) is 33.2 Å². The molecule has 0 atom stereocenters. The summed E-state index contributed by atoms with van der Waals surface area (Å²) in [5, 5.41) is 2.13. The molecule has 0 aliphatic carbocycles. The maximum atomic E-state index is 6.12. The second-order valence-corrected chi connectivity index (χ2v) is 5.03. The van der Waals surface area contributed by atoms with Crippen LogP contribution in [0.1, 0.15) is 5.56 Å². The van der Waals surface area contributed by atoms with Crippen molar-refractivity contribution in [1.82, 2.24) is 19.5 Å². The lowest BCUT2D eigenvalue weighted by Gasteiger charge is -2.09. The van der Waals surface area contributed by atoms with Gasteiger partial charge in [-0.05, 0) is 36.1 Å². The van der Waals surface area contributed by atoms with Crippen molar-refractivity contribution in [2.45, 2.75) is 6.92 Å². The summed E-state index contributed by atoms with van der Waals surface area (Å²) in [6.45, 7) is 1.99. The lowest BCUT2D eigenvalue weighted by molar-refractivity contribution is 1.09. The summed E-state index contributed by atoms with van der Waals surface area (Å²) < 4.78 is 1.87. The Kier molecular flexibility index (Phi) is 2.41. The van der Waals surface area contributed by atoms with Gasteiger partial charge >= 0.3 is 0 Å². The van der Waals surface area contributed by atoms with Gasteiger partial charge in [0, 0.05) is 24.0 Å². The van der Waals surface area contributed by atoms with Crippen LogP contribution in [0.5, 0.6) is 0 Å². The molecule has 3 aromatic heterocycles. The number of fused-ring (bicyclic) bond motifs is 2. The van der Waals surface area contributed by atoms with Gasteiger partial charge < -0.3 is 5.73 Å². The number of nitrogens with two attached hydrogens (primary N) is 1. The van der Waals surface area contributed by atoms with Gasteiger partial charge in [-0.3, -0.25) is 9.55 Å². The minimum absolute atomic E-state index is 0.430. The van der Waals surface area contributed by atoms with Crippen LogP contribution in [-0.2, 0) is 0 Å². The number of aromatic nitrogens is 4. The maximum absolute atomic E-state index is 6.12. The van der Waals surface area contributed by atoms with E-state index in [1.54, 1.807) is 6.20 Å². The van der Waals surface area contributed by atoms with Gasteiger partial charge in [0.25, 0.3) is 0 Å². The van der Waals surface area contributed by atoms with Gasteiger partial charge in [-0.1, -0.05) is 12.1 Å².